The number of benzene rings is 3. The number of hydrogen-bond acceptors (Lipinski definition) is 4. The van der Waals surface area contributed by atoms with Crippen molar-refractivity contribution < 1.29 is 18.0 Å². The van der Waals surface area contributed by atoms with Gasteiger partial charge in [-0.15, -0.1) is 0 Å². The molecular weight excluding hydrogens is 436 g/mol. The molecule has 0 aromatic heterocycles. The number of Topliss-reactive ketones (excluding diaryl/α,β-unsaturated/α-hetero) is 1. The van der Waals surface area contributed by atoms with E-state index in [1.165, 1.54) is 48.7 Å². The van der Waals surface area contributed by atoms with Crippen LogP contribution < -0.4 is 10.0 Å². The monoisotopic (exact) mass is 462 g/mol. The maximum Gasteiger partial charge on any atom is 0.255 e. The molecule has 7 heteroatoms. The quantitative estimate of drug-likeness (QED) is 0.506. The lowest BCUT2D eigenvalue weighted by Crippen LogP contribution is -2.23. The van der Waals surface area contributed by atoms with Crippen LogP contribution in [0.3, 0.4) is 0 Å². The van der Waals surface area contributed by atoms with Gasteiger partial charge in [0, 0.05) is 23.4 Å². The number of nitrogens with one attached hydrogen (secondary N) is 2. The summed E-state index contributed by atoms with van der Waals surface area (Å²) in [5.74, 6) is -0.310. The van der Waals surface area contributed by atoms with Crippen molar-refractivity contribution in [3.8, 4) is 0 Å². The summed E-state index contributed by atoms with van der Waals surface area (Å²) in [7, 11) is -3.72. The van der Waals surface area contributed by atoms with Crippen LogP contribution in [0.2, 0.25) is 0 Å². The number of carbonyl (C=O) groups excluding carboxylic acids is 2. The third-order valence-corrected chi connectivity index (χ3v) is 7.31. The van der Waals surface area contributed by atoms with E-state index in [0.717, 1.165) is 30.5 Å². The Kier molecular flexibility index (Phi) is 6.72. The minimum atomic E-state index is -3.72. The number of fused-ring (bicyclic) bond motifs is 1. The molecule has 0 saturated heterocycles. The van der Waals surface area contributed by atoms with Crippen LogP contribution in [-0.2, 0) is 29.4 Å². The molecule has 170 valence electrons. The van der Waals surface area contributed by atoms with Crippen LogP contribution >= 0.6 is 0 Å². The second-order valence-electron chi connectivity index (χ2n) is 8.21. The van der Waals surface area contributed by atoms with E-state index in [4.69, 9.17) is 0 Å². The molecule has 1 aliphatic rings. The van der Waals surface area contributed by atoms with Gasteiger partial charge in [-0.05, 0) is 79.6 Å². The second-order valence-corrected chi connectivity index (χ2v) is 9.97. The highest BCUT2D eigenvalue weighted by atomic mass is 32.2. The van der Waals surface area contributed by atoms with Gasteiger partial charge in [-0.2, -0.15) is 0 Å². The Hall–Kier alpha value is -3.29. The van der Waals surface area contributed by atoms with Crippen LogP contribution in [0, 0.1) is 0 Å². The average Bonchev–Trinajstić information content (AvgIpc) is 2.83. The van der Waals surface area contributed by atoms with Crippen molar-refractivity contribution >= 4 is 27.4 Å². The Labute approximate surface area is 194 Å². The first-order chi connectivity index (χ1) is 15.8. The van der Waals surface area contributed by atoms with Gasteiger partial charge >= 0.3 is 0 Å². The van der Waals surface area contributed by atoms with E-state index in [9.17, 15) is 18.0 Å². The smallest absolute Gasteiger partial charge is 0.255 e. The largest absolute Gasteiger partial charge is 0.322 e. The number of ketones is 1. The van der Waals surface area contributed by atoms with Gasteiger partial charge in [0.15, 0.2) is 5.78 Å². The maximum atomic E-state index is 12.7. The van der Waals surface area contributed by atoms with Crippen LogP contribution in [0.4, 0.5) is 5.69 Å². The molecule has 0 unspecified atom stereocenters. The van der Waals surface area contributed by atoms with Crippen LogP contribution in [0.1, 0.15) is 57.2 Å². The molecule has 1 aliphatic carbocycles. The fourth-order valence-corrected chi connectivity index (χ4v) is 5.02. The van der Waals surface area contributed by atoms with Crippen molar-refractivity contribution in [2.24, 2.45) is 0 Å². The number of anilines is 1. The zero-order valence-electron chi connectivity index (χ0n) is 18.4. The second kappa shape index (κ2) is 9.68. The summed E-state index contributed by atoms with van der Waals surface area (Å²) in [6, 6.07) is 18.7. The van der Waals surface area contributed by atoms with E-state index < -0.39 is 10.0 Å². The Bertz CT molecular complexity index is 1280. The zero-order chi connectivity index (χ0) is 23.4. The molecule has 0 bridgehead atoms. The lowest BCUT2D eigenvalue weighted by molar-refractivity contribution is 0.101. The van der Waals surface area contributed by atoms with Gasteiger partial charge in [-0.25, -0.2) is 13.1 Å². The third-order valence-electron chi connectivity index (χ3n) is 5.90. The van der Waals surface area contributed by atoms with E-state index in [1.807, 2.05) is 12.1 Å². The fraction of sp³-hybridized carbons (Fsp3) is 0.231. The Morgan fingerprint density at radius 1 is 0.848 bits per heavy atom. The van der Waals surface area contributed by atoms with Crippen LogP contribution in [0.5, 0.6) is 0 Å². The minimum absolute atomic E-state index is 0.0882. The van der Waals surface area contributed by atoms with Crippen molar-refractivity contribution in [2.75, 3.05) is 5.32 Å². The highest BCUT2D eigenvalue weighted by Crippen LogP contribution is 2.28. The fourth-order valence-electron chi connectivity index (χ4n) is 4.00. The summed E-state index contributed by atoms with van der Waals surface area (Å²) in [6.45, 7) is 1.52. The molecule has 4 rings (SSSR count). The number of hydrogen-bond donors (Lipinski definition) is 2. The normalized spacial score (nSPS) is 13.2. The van der Waals surface area contributed by atoms with Gasteiger partial charge in [0.25, 0.3) is 5.91 Å². The van der Waals surface area contributed by atoms with Gasteiger partial charge in [0.05, 0.1) is 4.90 Å². The number of rotatable bonds is 7. The van der Waals surface area contributed by atoms with Gasteiger partial charge < -0.3 is 5.32 Å². The van der Waals surface area contributed by atoms with Crippen molar-refractivity contribution in [2.45, 2.75) is 44.0 Å². The molecule has 0 heterocycles. The molecular formula is C26H26N2O4S. The average molecular weight is 463 g/mol. The predicted molar refractivity (Wildman–Crippen MR) is 128 cm³/mol. The van der Waals surface area contributed by atoms with Crippen molar-refractivity contribution in [1.29, 1.82) is 0 Å². The molecule has 3 aromatic carbocycles. The van der Waals surface area contributed by atoms with E-state index in [-0.39, 0.29) is 23.1 Å². The summed E-state index contributed by atoms with van der Waals surface area (Å²) in [5.41, 5.74) is 5.09. The molecule has 3 aromatic rings. The molecule has 2 N–H and O–H groups in total. The van der Waals surface area contributed by atoms with Gasteiger partial charge in [0.2, 0.25) is 10.0 Å². The zero-order valence-corrected chi connectivity index (χ0v) is 19.2. The van der Waals surface area contributed by atoms with Gasteiger partial charge in [0.1, 0.15) is 0 Å². The summed E-state index contributed by atoms with van der Waals surface area (Å²) in [5, 5.41) is 3.02. The Morgan fingerprint density at radius 3 is 2.21 bits per heavy atom. The minimum Gasteiger partial charge on any atom is -0.322 e. The molecule has 0 fully saturated rings. The summed E-state index contributed by atoms with van der Waals surface area (Å²) in [4.78, 5) is 24.2. The maximum absolute atomic E-state index is 12.7. The summed E-state index contributed by atoms with van der Waals surface area (Å²) in [6.07, 6.45) is 4.33. The molecule has 1 amide bonds. The highest BCUT2D eigenvalue weighted by molar-refractivity contribution is 7.89. The van der Waals surface area contributed by atoms with E-state index >= 15 is 0 Å². The molecule has 0 radical (unpaired) electrons. The van der Waals surface area contributed by atoms with E-state index in [0.29, 0.717) is 11.1 Å². The lowest BCUT2D eigenvalue weighted by Gasteiger charge is -2.19. The SMILES string of the molecule is CC(=O)c1ccc(S(=O)(=O)NCc2ccc(C(=O)Nc3cccc4c3CCCC4)cc2)cc1. The highest BCUT2D eigenvalue weighted by Gasteiger charge is 2.16. The first-order valence-corrected chi connectivity index (χ1v) is 12.4. The van der Waals surface area contributed by atoms with Crippen LogP contribution in [0.25, 0.3) is 0 Å². The molecule has 6 nitrogen and oxygen atoms in total. The third kappa shape index (κ3) is 5.38. The van der Waals surface area contributed by atoms with Crippen LogP contribution in [-0.4, -0.2) is 20.1 Å². The van der Waals surface area contributed by atoms with E-state index in [2.05, 4.69) is 16.1 Å². The molecule has 33 heavy (non-hydrogen) atoms. The predicted octanol–water partition coefficient (Wildman–Crippen LogP) is 4.50. The number of sulfonamides is 1. The first kappa shape index (κ1) is 22.9. The molecule has 0 aliphatic heterocycles. The topological polar surface area (TPSA) is 92.3 Å². The van der Waals surface area contributed by atoms with Gasteiger partial charge in [-0.3, -0.25) is 9.59 Å². The number of carbonyl (C=O) groups is 2. The van der Waals surface area contributed by atoms with Crippen molar-refractivity contribution in [3.63, 3.8) is 0 Å². The lowest BCUT2D eigenvalue weighted by atomic mass is 9.90. The molecule has 0 saturated carbocycles. The van der Waals surface area contributed by atoms with Crippen molar-refractivity contribution in [1.82, 2.24) is 4.72 Å². The Morgan fingerprint density at radius 2 is 1.52 bits per heavy atom. The van der Waals surface area contributed by atoms with Gasteiger partial charge in [-0.1, -0.05) is 36.4 Å². The molecule has 0 atom stereocenters. The first-order valence-electron chi connectivity index (χ1n) is 11.0. The van der Waals surface area contributed by atoms with E-state index in [1.54, 1.807) is 24.3 Å². The number of amides is 1. The molecule has 0 spiro atoms. The Balaban J connectivity index is 1.39. The van der Waals surface area contributed by atoms with Crippen LogP contribution in [0.15, 0.2) is 71.6 Å². The summed E-state index contributed by atoms with van der Waals surface area (Å²) >= 11 is 0. The summed E-state index contributed by atoms with van der Waals surface area (Å²) < 4.78 is 27.6. The standard InChI is InChI=1S/C26H26N2O4S/c1-18(29)20-13-15-23(16-14-20)33(31,32)27-17-19-9-11-22(12-10-19)26(30)28-25-8-4-6-21-5-2-3-7-24(21)25/h4,6,8-16,27H,2-3,5,7,17H2,1H3,(H,28,30). The number of aryl methyl sites for hydroxylation is 1. The van der Waals surface area contributed by atoms with Crippen molar-refractivity contribution in [3.05, 3.63) is 94.5 Å².